The number of nitrogens with two attached hydrogens (primary N) is 1. The molecule has 136 valence electrons. The van der Waals surface area contributed by atoms with Gasteiger partial charge in [-0.1, -0.05) is 12.1 Å². The molecule has 2 heterocycles. The topological polar surface area (TPSA) is 85.8 Å². The molecule has 3 aromatic rings. The maximum absolute atomic E-state index is 12.9. The number of ether oxygens (including phenoxy) is 1. The van der Waals surface area contributed by atoms with Gasteiger partial charge in [0.2, 0.25) is 5.91 Å². The summed E-state index contributed by atoms with van der Waals surface area (Å²) >= 11 is 0. The highest BCUT2D eigenvalue weighted by Crippen LogP contribution is 2.39. The molecule has 2 amide bonds. The smallest absolute Gasteiger partial charge is 0.294 e. The van der Waals surface area contributed by atoms with E-state index in [1.807, 2.05) is 18.2 Å². The van der Waals surface area contributed by atoms with Gasteiger partial charge in [0.05, 0.1) is 12.0 Å². The van der Waals surface area contributed by atoms with Crippen LogP contribution in [0.1, 0.15) is 32.9 Å². The molecule has 1 aliphatic rings. The average molecular weight is 362 g/mol. The van der Waals surface area contributed by atoms with Gasteiger partial charge in [-0.25, -0.2) is 0 Å². The van der Waals surface area contributed by atoms with Crippen LogP contribution in [0.2, 0.25) is 0 Å². The molecule has 0 spiro atoms. The van der Waals surface area contributed by atoms with E-state index in [2.05, 4.69) is 0 Å². The SMILES string of the molecule is NC(=O)c1ccc(Oc2cccc3c2N(C(=O)c2ccco2)CCC3)cc1. The minimum absolute atomic E-state index is 0.193. The molecule has 0 atom stereocenters. The lowest BCUT2D eigenvalue weighted by atomic mass is 10.0. The van der Waals surface area contributed by atoms with Crippen LogP contribution < -0.4 is 15.4 Å². The van der Waals surface area contributed by atoms with Gasteiger partial charge in [0.1, 0.15) is 5.75 Å². The van der Waals surface area contributed by atoms with E-state index in [1.165, 1.54) is 6.26 Å². The van der Waals surface area contributed by atoms with Crippen molar-refractivity contribution in [1.82, 2.24) is 0 Å². The zero-order valence-electron chi connectivity index (χ0n) is 14.6. The lowest BCUT2D eigenvalue weighted by Crippen LogP contribution is -2.35. The van der Waals surface area contributed by atoms with Crippen LogP contribution in [-0.4, -0.2) is 18.4 Å². The number of amides is 2. The van der Waals surface area contributed by atoms with Gasteiger partial charge in [-0.2, -0.15) is 0 Å². The Morgan fingerprint density at radius 3 is 2.56 bits per heavy atom. The summed E-state index contributed by atoms with van der Waals surface area (Å²) in [5.74, 6) is 0.752. The fraction of sp³-hybridized carbons (Fsp3) is 0.143. The van der Waals surface area contributed by atoms with Crippen molar-refractivity contribution in [3.8, 4) is 11.5 Å². The van der Waals surface area contributed by atoms with Gasteiger partial charge in [-0.05, 0) is 60.9 Å². The molecular formula is C21H18N2O4. The van der Waals surface area contributed by atoms with Gasteiger partial charge >= 0.3 is 0 Å². The van der Waals surface area contributed by atoms with Crippen molar-refractivity contribution in [2.75, 3.05) is 11.4 Å². The molecule has 4 rings (SSSR count). The van der Waals surface area contributed by atoms with E-state index in [4.69, 9.17) is 14.9 Å². The molecule has 1 aliphatic heterocycles. The third-order valence-electron chi connectivity index (χ3n) is 4.52. The third-order valence-corrected chi connectivity index (χ3v) is 4.52. The van der Waals surface area contributed by atoms with Gasteiger partial charge in [0.25, 0.3) is 5.91 Å². The van der Waals surface area contributed by atoms with Crippen LogP contribution in [0.5, 0.6) is 11.5 Å². The van der Waals surface area contributed by atoms with Crippen LogP contribution in [0.25, 0.3) is 0 Å². The second-order valence-corrected chi connectivity index (χ2v) is 6.29. The van der Waals surface area contributed by atoms with Crippen molar-refractivity contribution in [3.63, 3.8) is 0 Å². The first-order chi connectivity index (χ1) is 13.1. The summed E-state index contributed by atoms with van der Waals surface area (Å²) in [6.45, 7) is 0.591. The van der Waals surface area contributed by atoms with E-state index >= 15 is 0 Å². The lowest BCUT2D eigenvalue weighted by Gasteiger charge is -2.30. The highest BCUT2D eigenvalue weighted by Gasteiger charge is 2.28. The number of furan rings is 1. The second kappa shape index (κ2) is 6.99. The molecule has 1 aromatic heterocycles. The Hall–Kier alpha value is -3.54. The number of primary amides is 1. The van der Waals surface area contributed by atoms with Gasteiger partial charge in [0, 0.05) is 12.1 Å². The highest BCUT2D eigenvalue weighted by molar-refractivity contribution is 6.06. The predicted molar refractivity (Wildman–Crippen MR) is 100 cm³/mol. The van der Waals surface area contributed by atoms with E-state index in [9.17, 15) is 9.59 Å². The van der Waals surface area contributed by atoms with Crippen LogP contribution in [0, 0.1) is 0 Å². The normalized spacial score (nSPS) is 13.1. The van der Waals surface area contributed by atoms with Crippen LogP contribution in [-0.2, 0) is 6.42 Å². The predicted octanol–water partition coefficient (Wildman–Crippen LogP) is 3.76. The number of nitrogens with zero attached hydrogens (tertiary/aromatic N) is 1. The van der Waals surface area contributed by atoms with E-state index in [0.717, 1.165) is 24.1 Å². The molecule has 0 fully saturated rings. The molecule has 0 radical (unpaired) electrons. The molecule has 0 bridgehead atoms. The van der Waals surface area contributed by atoms with Gasteiger partial charge < -0.3 is 19.8 Å². The molecular weight excluding hydrogens is 344 g/mol. The number of hydrogen-bond donors (Lipinski definition) is 1. The zero-order valence-corrected chi connectivity index (χ0v) is 14.6. The molecule has 0 saturated heterocycles. The minimum atomic E-state index is -0.492. The number of anilines is 1. The largest absolute Gasteiger partial charge is 0.459 e. The number of aryl methyl sites for hydroxylation is 1. The van der Waals surface area contributed by atoms with Crippen molar-refractivity contribution >= 4 is 17.5 Å². The molecule has 6 nitrogen and oxygen atoms in total. The lowest BCUT2D eigenvalue weighted by molar-refractivity contribution is 0.0956. The molecule has 0 unspecified atom stereocenters. The van der Waals surface area contributed by atoms with Gasteiger partial charge in [-0.3, -0.25) is 9.59 Å². The van der Waals surface area contributed by atoms with Crippen molar-refractivity contribution < 1.29 is 18.7 Å². The van der Waals surface area contributed by atoms with Gasteiger partial charge in [-0.15, -0.1) is 0 Å². The quantitative estimate of drug-likeness (QED) is 0.766. The number of para-hydroxylation sites is 1. The maximum Gasteiger partial charge on any atom is 0.294 e. The standard InChI is InChI=1S/C21H18N2O4/c22-20(24)15-8-10-16(11-9-15)27-17-6-1-4-14-5-2-12-23(19(14)17)21(25)18-7-3-13-26-18/h1,3-4,6-11,13H,2,5,12H2,(H2,22,24). The number of carbonyl (C=O) groups excluding carboxylic acids is 2. The molecule has 0 saturated carbocycles. The average Bonchev–Trinajstić information content (AvgIpc) is 3.22. The first kappa shape index (κ1) is 16.9. The molecule has 27 heavy (non-hydrogen) atoms. The minimum Gasteiger partial charge on any atom is -0.459 e. The first-order valence-electron chi connectivity index (χ1n) is 8.68. The van der Waals surface area contributed by atoms with E-state index in [1.54, 1.807) is 41.3 Å². The Morgan fingerprint density at radius 2 is 1.85 bits per heavy atom. The number of rotatable bonds is 4. The molecule has 0 aliphatic carbocycles. The maximum atomic E-state index is 12.9. The molecule has 2 aromatic carbocycles. The fourth-order valence-electron chi connectivity index (χ4n) is 3.25. The Bertz CT molecular complexity index is 978. The summed E-state index contributed by atoms with van der Waals surface area (Å²) in [5.41, 5.74) is 7.48. The van der Waals surface area contributed by atoms with E-state index in [-0.39, 0.29) is 5.91 Å². The summed E-state index contributed by atoms with van der Waals surface area (Å²) in [6, 6.07) is 15.7. The second-order valence-electron chi connectivity index (χ2n) is 6.29. The number of benzene rings is 2. The van der Waals surface area contributed by atoms with Crippen LogP contribution in [0.3, 0.4) is 0 Å². The van der Waals surface area contributed by atoms with Gasteiger partial charge in [0.15, 0.2) is 11.5 Å². The first-order valence-corrected chi connectivity index (χ1v) is 8.68. The zero-order chi connectivity index (χ0) is 18.8. The number of fused-ring (bicyclic) bond motifs is 1. The van der Waals surface area contributed by atoms with Crippen LogP contribution in [0.4, 0.5) is 5.69 Å². The summed E-state index contributed by atoms with van der Waals surface area (Å²) in [6.07, 6.45) is 3.23. The number of hydrogen-bond acceptors (Lipinski definition) is 4. The fourth-order valence-corrected chi connectivity index (χ4v) is 3.25. The van der Waals surface area contributed by atoms with Crippen molar-refractivity contribution in [1.29, 1.82) is 0 Å². The Morgan fingerprint density at radius 1 is 1.04 bits per heavy atom. The van der Waals surface area contributed by atoms with Crippen LogP contribution >= 0.6 is 0 Å². The highest BCUT2D eigenvalue weighted by atomic mass is 16.5. The Kier molecular flexibility index (Phi) is 4.38. The molecule has 2 N–H and O–H groups in total. The monoisotopic (exact) mass is 362 g/mol. The molecule has 6 heteroatoms. The van der Waals surface area contributed by atoms with Crippen molar-refractivity contribution in [2.24, 2.45) is 5.73 Å². The Labute approximate surface area is 156 Å². The van der Waals surface area contributed by atoms with Crippen molar-refractivity contribution in [3.05, 3.63) is 77.7 Å². The van der Waals surface area contributed by atoms with Crippen molar-refractivity contribution in [2.45, 2.75) is 12.8 Å². The van der Waals surface area contributed by atoms with E-state index < -0.39 is 5.91 Å². The third kappa shape index (κ3) is 3.29. The summed E-state index contributed by atoms with van der Waals surface area (Å²) < 4.78 is 11.3. The summed E-state index contributed by atoms with van der Waals surface area (Å²) in [7, 11) is 0. The van der Waals surface area contributed by atoms with E-state index in [0.29, 0.717) is 29.4 Å². The van der Waals surface area contributed by atoms with Crippen LogP contribution in [0.15, 0.2) is 65.3 Å². The summed E-state index contributed by atoms with van der Waals surface area (Å²) in [4.78, 5) is 25.8. The Balaban J connectivity index is 1.68. The summed E-state index contributed by atoms with van der Waals surface area (Å²) in [5, 5.41) is 0. The number of carbonyl (C=O) groups is 2.